The van der Waals surface area contributed by atoms with Crippen LogP contribution in [0.1, 0.15) is 16.1 Å². The molecular formula is C20H19F2N5O. The number of anilines is 1. The topological polar surface area (TPSA) is 54.3 Å². The fourth-order valence-electron chi connectivity index (χ4n) is 3.28. The normalized spacial score (nSPS) is 14.4. The van der Waals surface area contributed by atoms with Crippen LogP contribution in [-0.2, 0) is 0 Å². The number of carbonyl (C=O) groups is 1. The van der Waals surface area contributed by atoms with Crippen molar-refractivity contribution in [1.29, 1.82) is 0 Å². The summed E-state index contributed by atoms with van der Waals surface area (Å²) in [7, 11) is 0. The number of hydrogen-bond acceptors (Lipinski definition) is 4. The molecule has 0 N–H and O–H groups in total. The van der Waals surface area contributed by atoms with Crippen molar-refractivity contribution in [2.75, 3.05) is 31.1 Å². The molecule has 0 bridgehead atoms. The highest BCUT2D eigenvalue weighted by atomic mass is 19.1. The fraction of sp³-hybridized carbons (Fsp3) is 0.250. The number of hydrogen-bond donors (Lipinski definition) is 0. The molecular weight excluding hydrogens is 364 g/mol. The summed E-state index contributed by atoms with van der Waals surface area (Å²) in [5.74, 6) is -0.786. The van der Waals surface area contributed by atoms with E-state index in [1.54, 1.807) is 42.2 Å². The van der Waals surface area contributed by atoms with Crippen LogP contribution >= 0.6 is 0 Å². The van der Waals surface area contributed by atoms with E-state index < -0.39 is 0 Å². The second-order valence-corrected chi connectivity index (χ2v) is 6.71. The summed E-state index contributed by atoms with van der Waals surface area (Å²) < 4.78 is 28.8. The zero-order valence-electron chi connectivity index (χ0n) is 15.3. The molecule has 2 heterocycles. The van der Waals surface area contributed by atoms with Gasteiger partial charge in [-0.25, -0.2) is 13.5 Å². The average Bonchev–Trinajstić information content (AvgIpc) is 3.20. The largest absolute Gasteiger partial charge is 0.366 e. The van der Waals surface area contributed by atoms with Gasteiger partial charge in [0.25, 0.3) is 5.91 Å². The van der Waals surface area contributed by atoms with Gasteiger partial charge in [0.05, 0.1) is 17.6 Å². The van der Waals surface area contributed by atoms with Gasteiger partial charge in [0, 0.05) is 26.2 Å². The van der Waals surface area contributed by atoms with E-state index in [1.165, 1.54) is 23.0 Å². The Labute approximate surface area is 161 Å². The van der Waals surface area contributed by atoms with Crippen molar-refractivity contribution in [3.63, 3.8) is 0 Å². The van der Waals surface area contributed by atoms with Crippen LogP contribution in [0.25, 0.3) is 5.69 Å². The summed E-state index contributed by atoms with van der Waals surface area (Å²) in [5.41, 5.74) is 1.90. The Morgan fingerprint density at radius 1 is 1.00 bits per heavy atom. The predicted molar refractivity (Wildman–Crippen MR) is 101 cm³/mol. The van der Waals surface area contributed by atoms with Crippen LogP contribution in [0.15, 0.2) is 48.7 Å². The number of benzene rings is 2. The van der Waals surface area contributed by atoms with Crippen molar-refractivity contribution >= 4 is 11.6 Å². The summed E-state index contributed by atoms with van der Waals surface area (Å²) in [6.45, 7) is 3.68. The molecule has 4 rings (SSSR count). The van der Waals surface area contributed by atoms with Crippen molar-refractivity contribution in [3.05, 3.63) is 71.6 Å². The molecule has 1 saturated heterocycles. The number of aromatic nitrogens is 3. The molecule has 2 aromatic carbocycles. The van der Waals surface area contributed by atoms with E-state index in [0.717, 1.165) is 0 Å². The third kappa shape index (κ3) is 3.45. The van der Waals surface area contributed by atoms with Gasteiger partial charge in [0.15, 0.2) is 5.69 Å². The van der Waals surface area contributed by atoms with Crippen LogP contribution in [0, 0.1) is 18.6 Å². The van der Waals surface area contributed by atoms with E-state index in [4.69, 9.17) is 0 Å². The molecule has 0 unspecified atom stereocenters. The highest BCUT2D eigenvalue weighted by Gasteiger charge is 2.25. The molecule has 6 nitrogen and oxygen atoms in total. The van der Waals surface area contributed by atoms with E-state index in [9.17, 15) is 13.6 Å². The van der Waals surface area contributed by atoms with E-state index in [0.29, 0.717) is 43.1 Å². The molecule has 28 heavy (non-hydrogen) atoms. The van der Waals surface area contributed by atoms with Gasteiger partial charge in [-0.05, 0) is 42.8 Å². The third-order valence-corrected chi connectivity index (χ3v) is 4.88. The first-order valence-corrected chi connectivity index (χ1v) is 9.00. The van der Waals surface area contributed by atoms with Gasteiger partial charge in [-0.2, -0.15) is 0 Å². The molecule has 0 spiro atoms. The lowest BCUT2D eigenvalue weighted by Gasteiger charge is -2.35. The number of piperazine rings is 1. The van der Waals surface area contributed by atoms with Crippen LogP contribution in [0.5, 0.6) is 0 Å². The second-order valence-electron chi connectivity index (χ2n) is 6.71. The molecule has 8 heteroatoms. The van der Waals surface area contributed by atoms with Crippen molar-refractivity contribution in [2.45, 2.75) is 6.92 Å². The monoisotopic (exact) mass is 383 g/mol. The summed E-state index contributed by atoms with van der Waals surface area (Å²) in [6.07, 6.45) is 1.54. The van der Waals surface area contributed by atoms with Gasteiger partial charge in [-0.1, -0.05) is 17.3 Å². The van der Waals surface area contributed by atoms with Gasteiger partial charge >= 0.3 is 0 Å². The molecule has 1 aliphatic heterocycles. The molecule has 1 amide bonds. The number of aryl methyl sites for hydroxylation is 1. The molecule has 0 radical (unpaired) electrons. The molecule has 144 valence electrons. The van der Waals surface area contributed by atoms with E-state index in [-0.39, 0.29) is 23.2 Å². The standard InChI is InChI=1S/C20H19F2N5O/c1-14-12-15(6-7-16(14)21)27-13-18(23-24-27)20(28)26-10-8-25(9-11-26)19-5-3-2-4-17(19)22/h2-7,12-13H,8-11H2,1H3. The maximum absolute atomic E-state index is 13.9. The number of para-hydroxylation sites is 1. The lowest BCUT2D eigenvalue weighted by molar-refractivity contribution is 0.0740. The van der Waals surface area contributed by atoms with Gasteiger partial charge < -0.3 is 9.80 Å². The molecule has 3 aromatic rings. The number of halogens is 2. The minimum absolute atomic E-state index is 0.223. The highest BCUT2D eigenvalue weighted by molar-refractivity contribution is 5.92. The lowest BCUT2D eigenvalue weighted by atomic mass is 10.2. The SMILES string of the molecule is Cc1cc(-n2cc(C(=O)N3CCN(c4ccccc4F)CC3)nn2)ccc1F. The maximum atomic E-state index is 13.9. The predicted octanol–water partition coefficient (Wildman–Crippen LogP) is 2.82. The Morgan fingerprint density at radius 3 is 2.46 bits per heavy atom. The van der Waals surface area contributed by atoms with E-state index in [2.05, 4.69) is 10.3 Å². The zero-order chi connectivity index (χ0) is 19.7. The Kier molecular flexibility index (Phi) is 4.77. The van der Waals surface area contributed by atoms with Gasteiger partial charge in [0.1, 0.15) is 11.6 Å². The van der Waals surface area contributed by atoms with Crippen LogP contribution < -0.4 is 4.90 Å². The summed E-state index contributed by atoms with van der Waals surface area (Å²) in [4.78, 5) is 16.3. The first-order chi connectivity index (χ1) is 13.5. The molecule has 0 saturated carbocycles. The van der Waals surface area contributed by atoms with Crippen LogP contribution in [0.4, 0.5) is 14.5 Å². The van der Waals surface area contributed by atoms with Crippen molar-refractivity contribution in [2.24, 2.45) is 0 Å². The van der Waals surface area contributed by atoms with Crippen molar-refractivity contribution in [1.82, 2.24) is 19.9 Å². The molecule has 1 aliphatic rings. The molecule has 0 atom stereocenters. The Morgan fingerprint density at radius 2 is 1.75 bits per heavy atom. The highest BCUT2D eigenvalue weighted by Crippen LogP contribution is 2.21. The number of carbonyl (C=O) groups excluding carboxylic acids is 1. The van der Waals surface area contributed by atoms with Crippen LogP contribution in [-0.4, -0.2) is 52.0 Å². The zero-order valence-corrected chi connectivity index (χ0v) is 15.3. The molecule has 0 aliphatic carbocycles. The smallest absolute Gasteiger partial charge is 0.276 e. The number of nitrogens with zero attached hydrogens (tertiary/aromatic N) is 5. The second kappa shape index (κ2) is 7.38. The van der Waals surface area contributed by atoms with E-state index >= 15 is 0 Å². The summed E-state index contributed by atoms with van der Waals surface area (Å²) >= 11 is 0. The number of amides is 1. The van der Waals surface area contributed by atoms with Crippen LogP contribution in [0.2, 0.25) is 0 Å². The number of rotatable bonds is 3. The lowest BCUT2D eigenvalue weighted by Crippen LogP contribution is -2.49. The van der Waals surface area contributed by atoms with Gasteiger partial charge in [0.2, 0.25) is 0 Å². The van der Waals surface area contributed by atoms with Crippen molar-refractivity contribution < 1.29 is 13.6 Å². The minimum atomic E-state index is -0.298. The third-order valence-electron chi connectivity index (χ3n) is 4.88. The Hall–Kier alpha value is -3.29. The minimum Gasteiger partial charge on any atom is -0.366 e. The first-order valence-electron chi connectivity index (χ1n) is 9.00. The van der Waals surface area contributed by atoms with Crippen molar-refractivity contribution in [3.8, 4) is 5.69 Å². The Balaban J connectivity index is 1.44. The quantitative estimate of drug-likeness (QED) is 0.698. The summed E-state index contributed by atoms with van der Waals surface area (Å²) in [6, 6.07) is 11.2. The maximum Gasteiger partial charge on any atom is 0.276 e. The van der Waals surface area contributed by atoms with Crippen LogP contribution in [0.3, 0.4) is 0 Å². The summed E-state index contributed by atoms with van der Waals surface area (Å²) in [5, 5.41) is 7.95. The van der Waals surface area contributed by atoms with Gasteiger partial charge in [-0.15, -0.1) is 5.10 Å². The fourth-order valence-corrected chi connectivity index (χ4v) is 3.28. The van der Waals surface area contributed by atoms with Gasteiger partial charge in [-0.3, -0.25) is 4.79 Å². The Bertz CT molecular complexity index is 1010. The first kappa shape index (κ1) is 18.1. The molecule has 1 fully saturated rings. The molecule has 1 aromatic heterocycles. The average molecular weight is 383 g/mol. The van der Waals surface area contributed by atoms with E-state index in [1.807, 2.05) is 4.90 Å².